The van der Waals surface area contributed by atoms with Crippen molar-refractivity contribution < 1.29 is 19.5 Å². The Hall–Kier alpha value is -2.93. The molecule has 0 radical (unpaired) electrons. The van der Waals surface area contributed by atoms with Crippen LogP contribution in [0, 0.1) is 18.8 Å². The molecule has 2 aromatic rings. The van der Waals surface area contributed by atoms with Crippen LogP contribution in [0.3, 0.4) is 0 Å². The van der Waals surface area contributed by atoms with Gasteiger partial charge in [0.25, 0.3) is 5.91 Å². The summed E-state index contributed by atoms with van der Waals surface area (Å²) in [6.07, 6.45) is 6.29. The van der Waals surface area contributed by atoms with Crippen molar-refractivity contribution in [2.75, 3.05) is 5.32 Å². The number of aliphatic carboxylic acids is 1. The van der Waals surface area contributed by atoms with Gasteiger partial charge in [-0.2, -0.15) is 0 Å². The number of nitrogens with one attached hydrogen (secondary N) is 2. The highest BCUT2D eigenvalue weighted by Crippen LogP contribution is 2.37. The first-order valence-electron chi connectivity index (χ1n) is 10.1. The first-order valence-corrected chi connectivity index (χ1v) is 11.0. The Morgan fingerprint density at radius 2 is 1.70 bits per heavy atom. The maximum absolute atomic E-state index is 13.0. The van der Waals surface area contributed by atoms with Crippen LogP contribution in [0.2, 0.25) is 0 Å². The molecule has 0 aliphatic heterocycles. The van der Waals surface area contributed by atoms with Crippen LogP contribution >= 0.6 is 11.3 Å². The Balaban J connectivity index is 1.64. The molecule has 1 aromatic heterocycles. The number of aryl methyl sites for hydroxylation is 1. The van der Waals surface area contributed by atoms with Gasteiger partial charge in [-0.1, -0.05) is 42.0 Å². The Bertz CT molecular complexity index is 1000. The normalized spacial score (nSPS) is 20.6. The highest BCUT2D eigenvalue weighted by Gasteiger charge is 2.35. The summed E-state index contributed by atoms with van der Waals surface area (Å²) in [7, 11) is 0. The van der Waals surface area contributed by atoms with Crippen LogP contribution in [0.15, 0.2) is 41.8 Å². The van der Waals surface area contributed by atoms with E-state index in [4.69, 9.17) is 0 Å². The standard InChI is InChI=1S/C23H24N2O4S/c1-13-6-8-14(9-7-13)18-12-30-22(19(18)21(27)24-15-10-11-15)25-20(26)16-4-2-3-5-17(16)23(28)29/h2-3,6-9,12,15-17H,4-5,10-11H2,1H3,(H,24,27)(H,25,26)(H,28,29)/t16-,17+/m1/s1. The van der Waals surface area contributed by atoms with Crippen molar-refractivity contribution in [1.82, 2.24) is 5.32 Å². The second-order valence-electron chi connectivity index (χ2n) is 7.95. The Labute approximate surface area is 179 Å². The third-order valence-corrected chi connectivity index (χ3v) is 6.51. The molecule has 0 saturated heterocycles. The number of benzene rings is 1. The van der Waals surface area contributed by atoms with E-state index >= 15 is 0 Å². The van der Waals surface area contributed by atoms with Crippen LogP contribution < -0.4 is 10.6 Å². The smallest absolute Gasteiger partial charge is 0.307 e. The molecule has 156 valence electrons. The molecule has 1 heterocycles. The Morgan fingerprint density at radius 1 is 1.03 bits per heavy atom. The van der Waals surface area contributed by atoms with Gasteiger partial charge >= 0.3 is 5.97 Å². The fraction of sp³-hybridized carbons (Fsp3) is 0.348. The molecule has 30 heavy (non-hydrogen) atoms. The van der Waals surface area contributed by atoms with Crippen molar-refractivity contribution in [3.63, 3.8) is 0 Å². The lowest BCUT2D eigenvalue weighted by molar-refractivity contribution is -0.146. The van der Waals surface area contributed by atoms with E-state index in [0.717, 1.165) is 29.5 Å². The number of thiophene rings is 1. The van der Waals surface area contributed by atoms with E-state index in [0.29, 0.717) is 23.4 Å². The third-order valence-electron chi connectivity index (χ3n) is 5.62. The lowest BCUT2D eigenvalue weighted by Crippen LogP contribution is -2.35. The number of rotatable bonds is 6. The number of anilines is 1. The minimum Gasteiger partial charge on any atom is -0.481 e. The minimum absolute atomic E-state index is 0.187. The zero-order valence-electron chi connectivity index (χ0n) is 16.7. The van der Waals surface area contributed by atoms with Gasteiger partial charge in [-0.05, 0) is 38.2 Å². The zero-order chi connectivity index (χ0) is 21.3. The minimum atomic E-state index is -0.974. The van der Waals surface area contributed by atoms with Crippen LogP contribution in [0.25, 0.3) is 11.1 Å². The molecule has 0 unspecified atom stereocenters. The Kier molecular flexibility index (Phi) is 5.72. The summed E-state index contributed by atoms with van der Waals surface area (Å²) in [5.74, 6) is -2.95. The lowest BCUT2D eigenvalue weighted by atomic mass is 9.82. The summed E-state index contributed by atoms with van der Waals surface area (Å²) in [5, 5.41) is 17.7. The first-order chi connectivity index (χ1) is 14.4. The quantitative estimate of drug-likeness (QED) is 0.605. The molecule has 0 spiro atoms. The number of carbonyl (C=O) groups is 3. The fourth-order valence-corrected chi connectivity index (χ4v) is 4.66. The van der Waals surface area contributed by atoms with Crippen molar-refractivity contribution in [3.8, 4) is 11.1 Å². The van der Waals surface area contributed by atoms with Crippen LogP contribution in [-0.4, -0.2) is 28.9 Å². The summed E-state index contributed by atoms with van der Waals surface area (Å²) < 4.78 is 0. The largest absolute Gasteiger partial charge is 0.481 e. The maximum atomic E-state index is 13.0. The van der Waals surface area contributed by atoms with Crippen LogP contribution in [0.5, 0.6) is 0 Å². The highest BCUT2D eigenvalue weighted by molar-refractivity contribution is 7.15. The predicted octanol–water partition coefficient (Wildman–Crippen LogP) is 4.22. The van der Waals surface area contributed by atoms with E-state index in [1.165, 1.54) is 11.3 Å². The second-order valence-corrected chi connectivity index (χ2v) is 8.83. The topological polar surface area (TPSA) is 95.5 Å². The fourth-order valence-electron chi connectivity index (χ4n) is 3.69. The van der Waals surface area contributed by atoms with Crippen LogP contribution in [0.1, 0.15) is 41.6 Å². The van der Waals surface area contributed by atoms with E-state index in [2.05, 4.69) is 10.6 Å². The summed E-state index contributed by atoms with van der Waals surface area (Å²) in [6.45, 7) is 2.00. The molecule has 1 fully saturated rings. The highest BCUT2D eigenvalue weighted by atomic mass is 32.1. The molecular formula is C23H24N2O4S. The van der Waals surface area contributed by atoms with Crippen molar-refractivity contribution in [3.05, 3.63) is 52.9 Å². The van der Waals surface area contributed by atoms with E-state index in [9.17, 15) is 19.5 Å². The monoisotopic (exact) mass is 424 g/mol. The van der Waals surface area contributed by atoms with Gasteiger partial charge in [-0.15, -0.1) is 11.3 Å². The van der Waals surface area contributed by atoms with Gasteiger partial charge in [0, 0.05) is 17.0 Å². The summed E-state index contributed by atoms with van der Waals surface area (Å²) in [4.78, 5) is 37.5. The molecule has 2 aliphatic rings. The summed E-state index contributed by atoms with van der Waals surface area (Å²) in [6, 6.07) is 8.08. The molecule has 2 atom stereocenters. The van der Waals surface area contributed by atoms with Gasteiger partial charge in [0.2, 0.25) is 5.91 Å². The molecule has 6 nitrogen and oxygen atoms in total. The van der Waals surface area contributed by atoms with Crippen LogP contribution in [0.4, 0.5) is 5.00 Å². The molecule has 1 aromatic carbocycles. The second kappa shape index (κ2) is 8.44. The SMILES string of the molecule is Cc1ccc(-c2csc(NC(=O)[C@@H]3CC=CC[C@@H]3C(=O)O)c2C(=O)NC2CC2)cc1. The maximum Gasteiger partial charge on any atom is 0.307 e. The zero-order valence-corrected chi connectivity index (χ0v) is 17.5. The van der Waals surface area contributed by atoms with Crippen molar-refractivity contribution in [2.45, 2.75) is 38.6 Å². The molecule has 0 bridgehead atoms. The average molecular weight is 425 g/mol. The van der Waals surface area contributed by atoms with Gasteiger partial charge in [0.05, 0.1) is 17.4 Å². The predicted molar refractivity (Wildman–Crippen MR) is 117 cm³/mol. The average Bonchev–Trinajstić information content (AvgIpc) is 3.45. The van der Waals surface area contributed by atoms with E-state index in [-0.39, 0.29) is 17.9 Å². The summed E-state index contributed by atoms with van der Waals surface area (Å²) >= 11 is 1.29. The third kappa shape index (κ3) is 4.31. The van der Waals surface area contributed by atoms with Crippen molar-refractivity contribution in [1.29, 1.82) is 0 Å². The molecule has 2 aliphatic carbocycles. The van der Waals surface area contributed by atoms with Crippen molar-refractivity contribution >= 4 is 34.1 Å². The van der Waals surface area contributed by atoms with Gasteiger partial charge in [-0.25, -0.2) is 0 Å². The molecule has 1 saturated carbocycles. The molecule has 4 rings (SSSR count). The molecule has 7 heteroatoms. The van der Waals surface area contributed by atoms with Gasteiger partial charge in [-0.3, -0.25) is 14.4 Å². The number of allylic oxidation sites excluding steroid dienone is 2. The van der Waals surface area contributed by atoms with Crippen molar-refractivity contribution in [2.24, 2.45) is 11.8 Å². The van der Waals surface area contributed by atoms with Crippen LogP contribution in [-0.2, 0) is 9.59 Å². The van der Waals surface area contributed by atoms with Gasteiger partial charge in [0.15, 0.2) is 0 Å². The molecule has 2 amide bonds. The van der Waals surface area contributed by atoms with E-state index in [1.807, 2.05) is 42.6 Å². The van der Waals surface area contributed by atoms with Gasteiger partial charge < -0.3 is 15.7 Å². The number of hydrogen-bond donors (Lipinski definition) is 3. The molecular weight excluding hydrogens is 400 g/mol. The number of carbonyl (C=O) groups excluding carboxylic acids is 2. The lowest BCUT2D eigenvalue weighted by Gasteiger charge is -2.24. The first kappa shape index (κ1) is 20.3. The number of carboxylic acids is 1. The number of amides is 2. The number of carboxylic acid groups (broad SMARTS) is 1. The van der Waals surface area contributed by atoms with Gasteiger partial charge in [0.1, 0.15) is 5.00 Å². The summed E-state index contributed by atoms with van der Waals surface area (Å²) in [5.41, 5.74) is 3.24. The Morgan fingerprint density at radius 3 is 2.33 bits per heavy atom. The van der Waals surface area contributed by atoms with E-state index < -0.39 is 17.8 Å². The van der Waals surface area contributed by atoms with E-state index in [1.54, 1.807) is 6.08 Å². The number of hydrogen-bond acceptors (Lipinski definition) is 4. The molecule has 3 N–H and O–H groups in total.